The Balaban J connectivity index is 0.000000726. The zero-order valence-corrected chi connectivity index (χ0v) is 23.8. The number of carbonyl (C=O) groups excluding carboxylic acids is 2. The molecule has 7 rings (SSSR count). The van der Waals surface area contributed by atoms with Crippen molar-refractivity contribution in [2.75, 3.05) is 0 Å². The summed E-state index contributed by atoms with van der Waals surface area (Å²) in [4.78, 5) is 24.2. The molecule has 6 fully saturated rings. The van der Waals surface area contributed by atoms with Gasteiger partial charge >= 0.3 is 5.97 Å². The van der Waals surface area contributed by atoms with Crippen molar-refractivity contribution in [2.45, 2.75) is 82.5 Å². The summed E-state index contributed by atoms with van der Waals surface area (Å²) in [6.45, 7) is 4.81. The normalized spacial score (nSPS) is 52.3. The first kappa shape index (κ1) is 28.8. The van der Waals surface area contributed by atoms with E-state index < -0.39 is 0 Å². The van der Waals surface area contributed by atoms with Gasteiger partial charge in [0.25, 0.3) is 0 Å². The Kier molecular flexibility index (Phi) is 7.50. The lowest BCUT2D eigenvalue weighted by Gasteiger charge is -2.56. The van der Waals surface area contributed by atoms with E-state index in [1.807, 2.05) is 6.08 Å². The van der Waals surface area contributed by atoms with Crippen molar-refractivity contribution in [3.63, 3.8) is 0 Å². The van der Waals surface area contributed by atoms with Crippen LogP contribution in [0.2, 0.25) is 0 Å². The van der Waals surface area contributed by atoms with Crippen molar-refractivity contribution in [3.05, 3.63) is 11.6 Å². The molecule has 7 aliphatic rings. The standard InChI is InChI=1S/C23H28O4.5H2S/c1-20-6-3-12(24)9-16(20)13-10-14(13)19-15-4-7-22(8-5-18(25)27-22)21(15,2)11-17-23(19,20)26-17;;;;;/h9,13-15,17,19H,3-8,10-11H2,1-2H3;5*1H2/t13?,14?,15-,17?,19-,20-,21-,22+,23+;;;;;/m0...../s1. The molecule has 0 amide bonds. The molecule has 4 saturated carbocycles. The van der Waals surface area contributed by atoms with Gasteiger partial charge in [0, 0.05) is 23.7 Å². The number of carbonyl (C=O) groups is 2. The maximum absolute atomic E-state index is 12.2. The molecule has 4 nitrogen and oxygen atoms in total. The third kappa shape index (κ3) is 2.93. The summed E-state index contributed by atoms with van der Waals surface area (Å²) >= 11 is 0. The average molecular weight is 539 g/mol. The summed E-state index contributed by atoms with van der Waals surface area (Å²) in [5.41, 5.74) is 1.24. The van der Waals surface area contributed by atoms with Crippen molar-refractivity contribution in [3.8, 4) is 0 Å². The Morgan fingerprint density at radius 1 is 0.969 bits per heavy atom. The predicted molar refractivity (Wildman–Crippen MR) is 149 cm³/mol. The molecule has 0 aromatic carbocycles. The van der Waals surface area contributed by atoms with Crippen LogP contribution in [0.3, 0.4) is 0 Å². The number of ether oxygens (including phenoxy) is 2. The summed E-state index contributed by atoms with van der Waals surface area (Å²) in [5, 5.41) is 0. The molecule has 0 aromatic rings. The van der Waals surface area contributed by atoms with Gasteiger partial charge in [-0.2, -0.15) is 67.5 Å². The number of hydrogen-bond acceptors (Lipinski definition) is 4. The lowest BCUT2D eigenvalue weighted by atomic mass is 9.46. The fraction of sp³-hybridized carbons (Fsp3) is 0.826. The third-order valence-corrected chi connectivity index (χ3v) is 10.4. The van der Waals surface area contributed by atoms with Crippen LogP contribution < -0.4 is 0 Å². The predicted octanol–water partition coefficient (Wildman–Crippen LogP) is 4.15. The third-order valence-electron chi connectivity index (χ3n) is 10.4. The van der Waals surface area contributed by atoms with E-state index in [9.17, 15) is 9.59 Å². The zero-order valence-electron chi connectivity index (χ0n) is 18.8. The van der Waals surface area contributed by atoms with Crippen molar-refractivity contribution in [2.24, 2.45) is 34.5 Å². The van der Waals surface area contributed by atoms with Crippen LogP contribution in [-0.4, -0.2) is 29.1 Å². The summed E-state index contributed by atoms with van der Waals surface area (Å²) < 4.78 is 12.8. The topological polar surface area (TPSA) is 55.9 Å². The van der Waals surface area contributed by atoms with Crippen molar-refractivity contribution >= 4 is 79.2 Å². The van der Waals surface area contributed by atoms with E-state index in [0.717, 1.165) is 25.7 Å². The van der Waals surface area contributed by atoms with E-state index in [1.54, 1.807) is 0 Å². The molecule has 0 bridgehead atoms. The number of hydrogen-bond donors (Lipinski definition) is 0. The molecule has 0 aromatic heterocycles. The van der Waals surface area contributed by atoms with E-state index in [-0.39, 0.29) is 102 Å². The number of rotatable bonds is 0. The minimum Gasteiger partial charge on any atom is -0.458 e. The Morgan fingerprint density at radius 2 is 1.69 bits per heavy atom. The smallest absolute Gasteiger partial charge is 0.306 e. The molecule has 9 heteroatoms. The number of fused-ring (bicyclic) bond motifs is 7. The van der Waals surface area contributed by atoms with Gasteiger partial charge in [-0.15, -0.1) is 0 Å². The van der Waals surface area contributed by atoms with Crippen LogP contribution in [0.15, 0.2) is 11.6 Å². The minimum absolute atomic E-state index is 0. The lowest BCUT2D eigenvalue weighted by molar-refractivity contribution is -0.164. The first-order chi connectivity index (χ1) is 12.8. The second-order valence-electron chi connectivity index (χ2n) is 11.1. The van der Waals surface area contributed by atoms with Crippen molar-refractivity contribution < 1.29 is 19.1 Å². The van der Waals surface area contributed by atoms with Crippen molar-refractivity contribution in [1.82, 2.24) is 0 Å². The average Bonchev–Trinajstić information content (AvgIpc) is 3.49. The molecule has 32 heavy (non-hydrogen) atoms. The largest absolute Gasteiger partial charge is 0.458 e. The number of epoxide rings is 1. The SMILES string of the molecule is C[C@]12CCC(=O)C=C1C1CC1[C@H]1[C@@H]3CC[C@@]4(CCC(=O)O4)[C@@]3(C)CC3O[C@]312.S.S.S.S.S. The molecule has 2 aliphatic heterocycles. The van der Waals surface area contributed by atoms with E-state index >= 15 is 0 Å². The fourth-order valence-electron chi connectivity index (χ4n) is 9.12. The monoisotopic (exact) mass is 538 g/mol. The Labute approximate surface area is 226 Å². The maximum atomic E-state index is 12.2. The molecular weight excluding hydrogens is 501 g/mol. The molecule has 2 heterocycles. The zero-order chi connectivity index (χ0) is 18.4. The minimum atomic E-state index is -0.239. The van der Waals surface area contributed by atoms with E-state index in [2.05, 4.69) is 13.8 Å². The number of ketones is 1. The van der Waals surface area contributed by atoms with E-state index in [1.165, 1.54) is 18.4 Å². The lowest BCUT2D eigenvalue weighted by Crippen LogP contribution is -2.60. The highest BCUT2D eigenvalue weighted by Crippen LogP contribution is 2.82. The van der Waals surface area contributed by atoms with Gasteiger partial charge in [-0.1, -0.05) is 19.4 Å². The Bertz CT molecular complexity index is 865. The molecule has 0 N–H and O–H groups in total. The summed E-state index contributed by atoms with van der Waals surface area (Å²) in [6, 6.07) is 0. The van der Waals surface area contributed by atoms with E-state index in [0.29, 0.717) is 42.3 Å². The van der Waals surface area contributed by atoms with Gasteiger partial charge < -0.3 is 9.47 Å². The maximum Gasteiger partial charge on any atom is 0.306 e. The molecular formula is C23H38O4S5. The van der Waals surface area contributed by atoms with Crippen LogP contribution in [0.1, 0.15) is 65.2 Å². The molecule has 0 radical (unpaired) electrons. The van der Waals surface area contributed by atoms with E-state index in [4.69, 9.17) is 9.47 Å². The molecule has 2 spiro atoms. The van der Waals surface area contributed by atoms with Crippen LogP contribution in [0, 0.1) is 34.5 Å². The summed E-state index contributed by atoms with van der Waals surface area (Å²) in [6.07, 6.45) is 9.85. The first-order valence-electron chi connectivity index (χ1n) is 11.0. The summed E-state index contributed by atoms with van der Waals surface area (Å²) in [5.74, 6) is 2.77. The van der Waals surface area contributed by atoms with Gasteiger partial charge in [-0.25, -0.2) is 0 Å². The molecule has 9 atom stereocenters. The van der Waals surface area contributed by atoms with Gasteiger partial charge in [0.05, 0.1) is 6.10 Å². The highest BCUT2D eigenvalue weighted by molar-refractivity contribution is 7.60. The Hall–Kier alpha value is 0.590. The van der Waals surface area contributed by atoms with Gasteiger partial charge in [0.2, 0.25) is 0 Å². The second kappa shape index (κ2) is 8.32. The quantitative estimate of drug-likeness (QED) is 0.344. The molecule has 3 unspecified atom stereocenters. The highest BCUT2D eigenvalue weighted by atomic mass is 32.1. The molecule has 5 aliphatic carbocycles. The fourth-order valence-corrected chi connectivity index (χ4v) is 9.12. The van der Waals surface area contributed by atoms with Crippen LogP contribution >= 0.6 is 67.5 Å². The second-order valence-corrected chi connectivity index (χ2v) is 11.1. The van der Waals surface area contributed by atoms with Crippen LogP contribution in [0.4, 0.5) is 0 Å². The Morgan fingerprint density at radius 3 is 2.34 bits per heavy atom. The van der Waals surface area contributed by atoms with Gasteiger partial charge in [-0.05, 0) is 68.3 Å². The van der Waals surface area contributed by atoms with Crippen LogP contribution in [-0.2, 0) is 19.1 Å². The van der Waals surface area contributed by atoms with Crippen molar-refractivity contribution in [1.29, 1.82) is 0 Å². The molecule has 2 saturated heterocycles. The van der Waals surface area contributed by atoms with Crippen LogP contribution in [0.25, 0.3) is 0 Å². The van der Waals surface area contributed by atoms with Gasteiger partial charge in [-0.3, -0.25) is 9.59 Å². The van der Waals surface area contributed by atoms with Gasteiger partial charge in [0.15, 0.2) is 5.78 Å². The first-order valence-corrected chi connectivity index (χ1v) is 11.0. The molecule has 184 valence electrons. The van der Waals surface area contributed by atoms with Gasteiger partial charge in [0.1, 0.15) is 11.2 Å². The highest BCUT2D eigenvalue weighted by Gasteiger charge is 2.85. The number of esters is 1. The summed E-state index contributed by atoms with van der Waals surface area (Å²) in [7, 11) is 0. The van der Waals surface area contributed by atoms with Crippen LogP contribution in [0.5, 0.6) is 0 Å².